The molecule has 5 rings (SSSR count). The van der Waals surface area contributed by atoms with E-state index >= 15 is 0 Å². The Hall–Kier alpha value is -4.00. The lowest BCUT2D eigenvalue weighted by Gasteiger charge is -2.29. The summed E-state index contributed by atoms with van der Waals surface area (Å²) in [5.41, 5.74) is 2.86. The number of aliphatic imine (C=N–C) groups is 1. The Kier molecular flexibility index (Phi) is 6.33. The van der Waals surface area contributed by atoms with Gasteiger partial charge in [0.1, 0.15) is 29.5 Å². The normalized spacial score (nSPS) is 19.3. The average Bonchev–Trinajstić information content (AvgIpc) is 2.86. The van der Waals surface area contributed by atoms with Gasteiger partial charge in [0.15, 0.2) is 0 Å². The van der Waals surface area contributed by atoms with E-state index < -0.39 is 0 Å². The van der Waals surface area contributed by atoms with Crippen molar-refractivity contribution in [1.82, 2.24) is 15.3 Å². The van der Waals surface area contributed by atoms with Crippen molar-refractivity contribution in [3.63, 3.8) is 0 Å². The zero-order chi connectivity index (χ0) is 23.3. The highest BCUT2D eigenvalue weighted by Gasteiger charge is 2.29. The number of carbonyl (C=O) groups is 1. The lowest BCUT2D eigenvalue weighted by Crippen LogP contribution is -2.37. The third-order valence-corrected chi connectivity index (χ3v) is 6.10. The number of amides is 1. The van der Waals surface area contributed by atoms with E-state index in [1.165, 1.54) is 0 Å². The van der Waals surface area contributed by atoms with Crippen molar-refractivity contribution < 1.29 is 9.53 Å². The number of rotatable bonds is 7. The molecule has 0 saturated heterocycles. The lowest BCUT2D eigenvalue weighted by atomic mass is 9.90. The molecule has 1 fully saturated rings. The second-order valence-corrected chi connectivity index (χ2v) is 8.50. The van der Waals surface area contributed by atoms with Crippen molar-refractivity contribution in [2.75, 3.05) is 5.32 Å². The van der Waals surface area contributed by atoms with Gasteiger partial charge in [-0.3, -0.25) is 9.79 Å². The van der Waals surface area contributed by atoms with Crippen LogP contribution in [0.4, 0.5) is 11.6 Å². The fourth-order valence-electron chi connectivity index (χ4n) is 4.37. The number of allylic oxidation sites excluding steroid dienone is 1. The number of carbonyl (C=O) groups excluding carboxylic acids is 1. The van der Waals surface area contributed by atoms with E-state index in [4.69, 9.17) is 9.73 Å². The van der Waals surface area contributed by atoms with Crippen LogP contribution >= 0.6 is 0 Å². The molecular formula is C27H27N5O2. The Morgan fingerprint density at radius 1 is 1.00 bits per heavy atom. The van der Waals surface area contributed by atoms with Gasteiger partial charge in [-0.2, -0.15) is 0 Å². The number of ether oxygens (including phenoxy) is 1. The highest BCUT2D eigenvalue weighted by atomic mass is 16.5. The molecule has 7 nitrogen and oxygen atoms in total. The number of para-hydroxylation sites is 1. The molecule has 2 bridgehead atoms. The quantitative estimate of drug-likeness (QED) is 0.298. The highest BCUT2D eigenvalue weighted by molar-refractivity contribution is 6.21. The Balaban J connectivity index is 1.35. The smallest absolute Gasteiger partial charge is 0.243 e. The van der Waals surface area contributed by atoms with Gasteiger partial charge in [0.05, 0.1) is 17.3 Å². The van der Waals surface area contributed by atoms with Gasteiger partial charge in [0.25, 0.3) is 0 Å². The first-order valence-electron chi connectivity index (χ1n) is 11.7. The summed E-state index contributed by atoms with van der Waals surface area (Å²) in [5.74, 6) is 3.16. The second kappa shape index (κ2) is 9.87. The minimum atomic E-state index is -0.0239. The molecule has 0 spiro atoms. The largest absolute Gasteiger partial charge is 0.457 e. The predicted molar refractivity (Wildman–Crippen MR) is 133 cm³/mol. The van der Waals surface area contributed by atoms with E-state index in [9.17, 15) is 4.79 Å². The molecule has 1 saturated carbocycles. The first kappa shape index (κ1) is 21.8. The number of aromatic nitrogens is 2. The van der Waals surface area contributed by atoms with E-state index in [1.807, 2.05) is 61.5 Å². The first-order valence-corrected chi connectivity index (χ1v) is 11.7. The summed E-state index contributed by atoms with van der Waals surface area (Å²) in [6.07, 6.45) is 8.58. The van der Waals surface area contributed by atoms with Gasteiger partial charge in [-0.25, -0.2) is 9.97 Å². The number of hydrogen-bond donors (Lipinski definition) is 2. The number of nitrogens with zero attached hydrogens (tertiary/aromatic N) is 3. The molecule has 3 aromatic rings. The number of nitrogens with one attached hydrogen (secondary N) is 2. The molecule has 172 valence electrons. The average molecular weight is 454 g/mol. The molecule has 1 aliphatic carbocycles. The van der Waals surface area contributed by atoms with Crippen molar-refractivity contribution >= 4 is 23.3 Å². The van der Waals surface area contributed by atoms with Crippen molar-refractivity contribution in [2.45, 2.75) is 44.7 Å². The van der Waals surface area contributed by atoms with Crippen LogP contribution in [-0.4, -0.2) is 33.7 Å². The summed E-state index contributed by atoms with van der Waals surface area (Å²) >= 11 is 0. The van der Waals surface area contributed by atoms with Gasteiger partial charge in [0, 0.05) is 11.6 Å². The van der Waals surface area contributed by atoms with E-state index in [2.05, 4.69) is 20.6 Å². The number of fused-ring (bicyclic) bond motifs is 2. The third-order valence-electron chi connectivity index (χ3n) is 6.10. The highest BCUT2D eigenvalue weighted by Crippen LogP contribution is 2.36. The molecule has 2 heterocycles. The molecule has 1 aliphatic heterocycles. The molecule has 2 N–H and O–H groups in total. The summed E-state index contributed by atoms with van der Waals surface area (Å²) in [6, 6.07) is 18.1. The lowest BCUT2D eigenvalue weighted by molar-refractivity contribution is -0.117. The van der Waals surface area contributed by atoms with Crippen molar-refractivity contribution in [3.8, 4) is 11.5 Å². The van der Waals surface area contributed by atoms with Gasteiger partial charge in [-0.1, -0.05) is 24.3 Å². The van der Waals surface area contributed by atoms with Crippen LogP contribution in [0.2, 0.25) is 0 Å². The predicted octanol–water partition coefficient (Wildman–Crippen LogP) is 5.17. The minimum Gasteiger partial charge on any atom is -0.457 e. The zero-order valence-electron chi connectivity index (χ0n) is 19.1. The van der Waals surface area contributed by atoms with Crippen LogP contribution in [-0.2, 0) is 4.79 Å². The standard InChI is InChI=1S/C27H27N5O2/c1-2-6-23(33)30-19-11-13-20(14-12-19)31-25(24-26-28-17-29-27(24)32-26)18-9-15-22(16-10-18)34-21-7-4-3-5-8-21/h2-10,15-17,19-20H,11-14H2,1H3,(H,30,33)(H,28,29,32)/b6-2+,31-25-. The van der Waals surface area contributed by atoms with Gasteiger partial charge in [0.2, 0.25) is 5.91 Å². The Morgan fingerprint density at radius 3 is 2.32 bits per heavy atom. The van der Waals surface area contributed by atoms with Crippen LogP contribution in [0.1, 0.15) is 43.7 Å². The molecule has 7 heteroatoms. The van der Waals surface area contributed by atoms with E-state index in [1.54, 1.807) is 18.5 Å². The maximum atomic E-state index is 11.9. The van der Waals surface area contributed by atoms with Gasteiger partial charge >= 0.3 is 0 Å². The van der Waals surface area contributed by atoms with Crippen LogP contribution in [0, 0.1) is 0 Å². The SMILES string of the molecule is C/C=C/C(=O)NC1CCC(/N=C(/c2ccc(Oc3ccccc3)cc2)c2c3ncnc2N3)CC1. The number of benzene rings is 2. The van der Waals surface area contributed by atoms with Crippen LogP contribution in [0.3, 0.4) is 0 Å². The van der Waals surface area contributed by atoms with E-state index in [0.29, 0.717) is 0 Å². The Labute approximate surface area is 199 Å². The summed E-state index contributed by atoms with van der Waals surface area (Å²) in [7, 11) is 0. The van der Waals surface area contributed by atoms with Crippen LogP contribution < -0.4 is 15.4 Å². The molecule has 0 atom stereocenters. The summed E-state index contributed by atoms with van der Waals surface area (Å²) in [4.78, 5) is 25.7. The molecule has 0 unspecified atom stereocenters. The molecule has 1 amide bonds. The van der Waals surface area contributed by atoms with Gasteiger partial charge in [-0.15, -0.1) is 0 Å². The zero-order valence-corrected chi connectivity index (χ0v) is 19.1. The third kappa shape index (κ3) is 4.83. The van der Waals surface area contributed by atoms with Gasteiger partial charge < -0.3 is 15.4 Å². The Morgan fingerprint density at radius 2 is 1.68 bits per heavy atom. The Bertz CT molecular complexity index is 1190. The molecule has 2 aliphatic rings. The number of hydrogen-bond acceptors (Lipinski definition) is 6. The van der Waals surface area contributed by atoms with Crippen molar-refractivity contribution in [1.29, 1.82) is 0 Å². The summed E-state index contributed by atoms with van der Waals surface area (Å²) < 4.78 is 5.95. The van der Waals surface area contributed by atoms with E-state index in [-0.39, 0.29) is 18.0 Å². The van der Waals surface area contributed by atoms with Crippen LogP contribution in [0.15, 0.2) is 78.1 Å². The van der Waals surface area contributed by atoms with Crippen molar-refractivity contribution in [2.24, 2.45) is 4.99 Å². The molecule has 34 heavy (non-hydrogen) atoms. The topological polar surface area (TPSA) is 88.5 Å². The molecule has 1 aromatic heterocycles. The van der Waals surface area contributed by atoms with Crippen molar-refractivity contribution in [3.05, 3.63) is 84.2 Å². The first-order chi connectivity index (χ1) is 16.7. The fraction of sp³-hybridized carbons (Fsp3) is 0.259. The molecule has 0 radical (unpaired) electrons. The maximum absolute atomic E-state index is 11.9. The van der Waals surface area contributed by atoms with Gasteiger partial charge in [-0.05, 0) is 75.1 Å². The fourth-order valence-corrected chi connectivity index (χ4v) is 4.37. The summed E-state index contributed by atoms with van der Waals surface area (Å²) in [6.45, 7) is 1.85. The van der Waals surface area contributed by atoms with E-state index in [0.717, 1.165) is 65.7 Å². The summed E-state index contributed by atoms with van der Waals surface area (Å²) in [5, 5.41) is 6.26. The number of anilines is 2. The molecular weight excluding hydrogens is 426 g/mol. The van der Waals surface area contributed by atoms with Crippen LogP contribution in [0.25, 0.3) is 0 Å². The minimum absolute atomic E-state index is 0.0239. The monoisotopic (exact) mass is 453 g/mol. The maximum Gasteiger partial charge on any atom is 0.243 e. The van der Waals surface area contributed by atoms with Crippen LogP contribution in [0.5, 0.6) is 11.5 Å². The molecule has 2 aromatic carbocycles. The second-order valence-electron chi connectivity index (χ2n) is 8.50.